The number of nitrogens with zero attached hydrogens (tertiary/aromatic N) is 2. The number of anilines is 1. The lowest BCUT2D eigenvalue weighted by Gasteiger charge is -2.39. The minimum atomic E-state index is -1.37. The molecule has 2 aromatic rings. The van der Waals surface area contributed by atoms with Gasteiger partial charge in [-0.2, -0.15) is 0 Å². The Morgan fingerprint density at radius 1 is 1.16 bits per heavy atom. The number of carbonyl (C=O) groups is 4. The summed E-state index contributed by atoms with van der Waals surface area (Å²) in [5.74, 6) is -3.18. The standard InChI is InChI=1S/C37H44BrN3O8/c1-5-8-14-29(43)39-21-28(23-12-10-9-11-13-23)48-36(46)30-31-34(44)41(24(7-3)22-42)33(37(31)20-27(38)32(30)49-37)35(45)40(19-6-2)25-15-17-26(47-4)18-16-25/h5-6,9-13,15-18,24,27-28,30-33,42H,1-2,7-8,14,19-22H2,3-4H3,(H,39,43)/t24-,27?,28+,30+,31-,32+,33+,37-/m0/s1. The number of carbonyl (C=O) groups excluding carboxylic acids is 4. The SMILES string of the molecule is C=CCCC(=O)NC[C@@H](OC(=O)[C@H]1[C@@H]2O[C@@]3(CC2Br)[C@@H]1C(=O)N([C@@H](CC)CO)[C@@H]3C(=O)N(CC=C)c1ccc(OC)cc1)c1ccccc1. The third-order valence-electron chi connectivity index (χ3n) is 9.76. The summed E-state index contributed by atoms with van der Waals surface area (Å²) in [6.45, 7) is 9.13. The van der Waals surface area contributed by atoms with Crippen LogP contribution in [0.15, 0.2) is 79.9 Å². The Morgan fingerprint density at radius 2 is 1.88 bits per heavy atom. The van der Waals surface area contributed by atoms with Crippen molar-refractivity contribution in [3.05, 3.63) is 85.5 Å². The molecule has 0 aliphatic carbocycles. The van der Waals surface area contributed by atoms with Gasteiger partial charge in [0.25, 0.3) is 5.91 Å². The van der Waals surface area contributed by atoms with Crippen LogP contribution in [-0.4, -0.2) is 89.1 Å². The highest BCUT2D eigenvalue weighted by molar-refractivity contribution is 9.09. The number of ether oxygens (including phenoxy) is 3. The van der Waals surface area contributed by atoms with Gasteiger partial charge in [0, 0.05) is 23.5 Å². The second-order valence-corrected chi connectivity index (χ2v) is 13.7. The van der Waals surface area contributed by atoms with Gasteiger partial charge >= 0.3 is 5.97 Å². The number of methoxy groups -OCH3 is 1. The molecule has 3 aliphatic rings. The predicted molar refractivity (Wildman–Crippen MR) is 187 cm³/mol. The van der Waals surface area contributed by atoms with Crippen molar-refractivity contribution in [2.45, 2.75) is 67.3 Å². The van der Waals surface area contributed by atoms with E-state index in [-0.39, 0.29) is 36.9 Å². The summed E-state index contributed by atoms with van der Waals surface area (Å²) in [5.41, 5.74) is -0.131. The van der Waals surface area contributed by atoms with Crippen LogP contribution in [0.5, 0.6) is 5.75 Å². The average Bonchev–Trinajstić information content (AvgIpc) is 3.72. The molecule has 49 heavy (non-hydrogen) atoms. The van der Waals surface area contributed by atoms with Crippen LogP contribution in [0.2, 0.25) is 0 Å². The van der Waals surface area contributed by atoms with Crippen LogP contribution in [0.4, 0.5) is 5.69 Å². The lowest BCUT2D eigenvalue weighted by atomic mass is 9.70. The second kappa shape index (κ2) is 15.7. The van der Waals surface area contributed by atoms with Crippen molar-refractivity contribution in [3.8, 4) is 5.75 Å². The number of likely N-dealkylation sites (tertiary alicyclic amines) is 1. The number of allylic oxidation sites excluding steroid dienone is 1. The Balaban J connectivity index is 1.50. The normalized spacial score (nSPS) is 26.4. The zero-order valence-electron chi connectivity index (χ0n) is 27.8. The van der Waals surface area contributed by atoms with Crippen molar-refractivity contribution in [2.24, 2.45) is 11.8 Å². The first-order valence-corrected chi connectivity index (χ1v) is 17.5. The summed E-state index contributed by atoms with van der Waals surface area (Å²) in [6.07, 6.45) is 3.08. The van der Waals surface area contributed by atoms with E-state index in [0.717, 1.165) is 0 Å². The molecule has 3 saturated heterocycles. The predicted octanol–water partition coefficient (Wildman–Crippen LogP) is 4.10. The number of aliphatic hydroxyl groups excluding tert-OH is 1. The molecule has 0 saturated carbocycles. The molecule has 5 rings (SSSR count). The first-order chi connectivity index (χ1) is 23.6. The zero-order valence-corrected chi connectivity index (χ0v) is 29.4. The van der Waals surface area contributed by atoms with Gasteiger partial charge < -0.3 is 34.4 Å². The number of hydrogen-bond acceptors (Lipinski definition) is 8. The molecule has 3 fully saturated rings. The fourth-order valence-electron chi connectivity index (χ4n) is 7.43. The quantitative estimate of drug-likeness (QED) is 0.150. The molecular formula is C37H44BrN3O8. The van der Waals surface area contributed by atoms with E-state index < -0.39 is 59.5 Å². The molecule has 2 N–H and O–H groups in total. The van der Waals surface area contributed by atoms with Gasteiger partial charge in [0.15, 0.2) is 0 Å². The van der Waals surface area contributed by atoms with Crippen LogP contribution in [0.25, 0.3) is 0 Å². The van der Waals surface area contributed by atoms with Crippen molar-refractivity contribution >= 4 is 45.3 Å². The van der Waals surface area contributed by atoms with Gasteiger partial charge in [-0.25, -0.2) is 0 Å². The van der Waals surface area contributed by atoms with E-state index in [4.69, 9.17) is 14.2 Å². The maximum absolute atomic E-state index is 14.8. The topological polar surface area (TPSA) is 135 Å². The van der Waals surface area contributed by atoms with E-state index in [0.29, 0.717) is 36.3 Å². The van der Waals surface area contributed by atoms with E-state index >= 15 is 0 Å². The van der Waals surface area contributed by atoms with Crippen LogP contribution in [0, 0.1) is 11.8 Å². The molecule has 0 radical (unpaired) electrons. The molecule has 3 heterocycles. The van der Waals surface area contributed by atoms with Gasteiger partial charge in [-0.3, -0.25) is 19.2 Å². The third-order valence-corrected chi connectivity index (χ3v) is 10.6. The number of alkyl halides is 1. The third kappa shape index (κ3) is 6.91. The first kappa shape index (κ1) is 36.3. The molecule has 2 aromatic carbocycles. The summed E-state index contributed by atoms with van der Waals surface area (Å²) in [4.78, 5) is 58.7. The summed E-state index contributed by atoms with van der Waals surface area (Å²) in [7, 11) is 1.55. The molecule has 12 heteroatoms. The van der Waals surface area contributed by atoms with Crippen molar-refractivity contribution in [2.75, 3.05) is 31.7 Å². The van der Waals surface area contributed by atoms with E-state index in [1.165, 1.54) is 9.80 Å². The fourth-order valence-corrected chi connectivity index (χ4v) is 8.37. The van der Waals surface area contributed by atoms with E-state index in [2.05, 4.69) is 34.4 Å². The number of halogens is 1. The number of rotatable bonds is 16. The maximum Gasteiger partial charge on any atom is 0.313 e. The van der Waals surface area contributed by atoms with E-state index in [1.54, 1.807) is 55.7 Å². The number of esters is 1. The van der Waals surface area contributed by atoms with Gasteiger partial charge in [0.05, 0.1) is 44.2 Å². The van der Waals surface area contributed by atoms with Gasteiger partial charge in [0.2, 0.25) is 11.8 Å². The Morgan fingerprint density at radius 3 is 2.49 bits per heavy atom. The maximum atomic E-state index is 14.8. The molecule has 262 valence electrons. The molecule has 3 aliphatic heterocycles. The summed E-state index contributed by atoms with van der Waals surface area (Å²) >= 11 is 3.70. The molecule has 11 nitrogen and oxygen atoms in total. The number of fused-ring (bicyclic) bond motifs is 1. The smallest absolute Gasteiger partial charge is 0.313 e. The van der Waals surface area contributed by atoms with E-state index in [9.17, 15) is 24.3 Å². The second-order valence-electron chi connectivity index (χ2n) is 12.6. The largest absolute Gasteiger partial charge is 0.497 e. The number of aliphatic hydroxyl groups is 1. The first-order valence-electron chi connectivity index (χ1n) is 16.6. The zero-order chi connectivity index (χ0) is 35.3. The highest BCUT2D eigenvalue weighted by Crippen LogP contribution is 2.61. The Bertz CT molecular complexity index is 1530. The lowest BCUT2D eigenvalue weighted by Crippen LogP contribution is -2.59. The Labute approximate surface area is 295 Å². The Hall–Kier alpha value is -4.00. The number of benzene rings is 2. The number of nitrogens with one attached hydrogen (secondary N) is 1. The molecule has 1 unspecified atom stereocenters. The summed E-state index contributed by atoms with van der Waals surface area (Å²) in [6, 6.07) is 14.2. The van der Waals surface area contributed by atoms with Crippen molar-refractivity contribution in [1.29, 1.82) is 0 Å². The van der Waals surface area contributed by atoms with Gasteiger partial charge in [0.1, 0.15) is 23.5 Å². The Kier molecular flexibility index (Phi) is 11.6. The lowest BCUT2D eigenvalue weighted by molar-refractivity contribution is -0.160. The number of amides is 3. The molecule has 1 spiro atoms. The monoisotopic (exact) mass is 737 g/mol. The van der Waals surface area contributed by atoms with Gasteiger partial charge in [-0.05, 0) is 49.1 Å². The molecule has 2 bridgehead atoms. The minimum absolute atomic E-state index is 0.0273. The van der Waals surface area contributed by atoms with Crippen molar-refractivity contribution in [3.63, 3.8) is 0 Å². The molecular weight excluding hydrogens is 694 g/mol. The minimum Gasteiger partial charge on any atom is -0.497 e. The van der Waals surface area contributed by atoms with Crippen LogP contribution < -0.4 is 15.0 Å². The summed E-state index contributed by atoms with van der Waals surface area (Å²) < 4.78 is 18.1. The highest BCUT2D eigenvalue weighted by atomic mass is 79.9. The van der Waals surface area contributed by atoms with Crippen LogP contribution in [0.1, 0.15) is 44.3 Å². The van der Waals surface area contributed by atoms with Crippen molar-refractivity contribution in [1.82, 2.24) is 10.2 Å². The van der Waals surface area contributed by atoms with Crippen LogP contribution in [-0.2, 0) is 28.7 Å². The van der Waals surface area contributed by atoms with E-state index in [1.807, 2.05) is 25.1 Å². The van der Waals surface area contributed by atoms with Gasteiger partial charge in [-0.15, -0.1) is 13.2 Å². The van der Waals surface area contributed by atoms with Gasteiger partial charge in [-0.1, -0.05) is 65.3 Å². The molecule has 3 amide bonds. The number of hydrogen-bond donors (Lipinski definition) is 2. The average molecular weight is 739 g/mol. The van der Waals surface area contributed by atoms with Crippen LogP contribution >= 0.6 is 15.9 Å². The highest BCUT2D eigenvalue weighted by Gasteiger charge is 2.77. The molecule has 8 atom stereocenters. The fraction of sp³-hybridized carbons (Fsp3) is 0.459. The van der Waals surface area contributed by atoms with Crippen LogP contribution in [0.3, 0.4) is 0 Å². The molecule has 0 aromatic heterocycles. The summed E-state index contributed by atoms with van der Waals surface area (Å²) in [5, 5.41) is 13.3. The van der Waals surface area contributed by atoms with Crippen molar-refractivity contribution < 1.29 is 38.5 Å².